The zero-order valence-electron chi connectivity index (χ0n) is 9.56. The number of halogens is 1. The molecule has 2 N–H and O–H groups in total. The quantitative estimate of drug-likeness (QED) is 0.683. The highest BCUT2D eigenvalue weighted by molar-refractivity contribution is 7.07. The van der Waals surface area contributed by atoms with Crippen molar-refractivity contribution >= 4 is 23.0 Å². The van der Waals surface area contributed by atoms with E-state index in [9.17, 15) is 9.18 Å². The van der Waals surface area contributed by atoms with E-state index in [-0.39, 0.29) is 11.3 Å². The van der Waals surface area contributed by atoms with Crippen LogP contribution in [0.15, 0.2) is 35.0 Å². The van der Waals surface area contributed by atoms with Crippen LogP contribution in [-0.2, 0) is 11.2 Å². The van der Waals surface area contributed by atoms with E-state index in [1.807, 2.05) is 16.8 Å². The van der Waals surface area contributed by atoms with Crippen molar-refractivity contribution < 1.29 is 13.9 Å². The summed E-state index contributed by atoms with van der Waals surface area (Å²) >= 11 is 1.60. The molecule has 0 bridgehead atoms. The fourth-order valence-corrected chi connectivity index (χ4v) is 2.15. The predicted molar refractivity (Wildman–Crippen MR) is 69.1 cm³/mol. The molecule has 0 atom stereocenters. The van der Waals surface area contributed by atoms with Crippen LogP contribution >= 0.6 is 11.3 Å². The minimum Gasteiger partial charge on any atom is -0.462 e. The first-order chi connectivity index (χ1) is 8.66. The fourth-order valence-electron chi connectivity index (χ4n) is 1.45. The number of carbonyl (C=O) groups is 1. The molecule has 2 rings (SSSR count). The second-order valence-electron chi connectivity index (χ2n) is 3.75. The molecule has 3 nitrogen and oxygen atoms in total. The van der Waals surface area contributed by atoms with Crippen LogP contribution in [-0.4, -0.2) is 12.6 Å². The number of rotatable bonds is 4. The summed E-state index contributed by atoms with van der Waals surface area (Å²) in [7, 11) is 0. The Hall–Kier alpha value is -1.88. The minimum atomic E-state index is -0.537. The molecule has 94 valence electrons. The van der Waals surface area contributed by atoms with E-state index in [0.29, 0.717) is 13.0 Å². The lowest BCUT2D eigenvalue weighted by Crippen LogP contribution is -2.08. The van der Waals surface area contributed by atoms with E-state index in [2.05, 4.69) is 0 Å². The van der Waals surface area contributed by atoms with Crippen molar-refractivity contribution in [2.45, 2.75) is 6.42 Å². The third-order valence-corrected chi connectivity index (χ3v) is 3.17. The van der Waals surface area contributed by atoms with Gasteiger partial charge >= 0.3 is 5.97 Å². The number of benzene rings is 1. The first kappa shape index (κ1) is 12.6. The molecule has 1 aromatic heterocycles. The van der Waals surface area contributed by atoms with Crippen LogP contribution in [0.1, 0.15) is 15.9 Å². The summed E-state index contributed by atoms with van der Waals surface area (Å²) in [5.41, 5.74) is 6.72. The maximum Gasteiger partial charge on any atom is 0.338 e. The molecular formula is C13H12FNO2S. The van der Waals surface area contributed by atoms with E-state index in [0.717, 1.165) is 11.6 Å². The SMILES string of the molecule is Nc1cc(C(=O)OCCc2ccsc2)ccc1F. The number of carbonyl (C=O) groups excluding carboxylic acids is 1. The van der Waals surface area contributed by atoms with Gasteiger partial charge in [0.05, 0.1) is 17.9 Å². The molecule has 0 fully saturated rings. The van der Waals surface area contributed by atoms with Gasteiger partial charge in [-0.1, -0.05) is 0 Å². The summed E-state index contributed by atoms with van der Waals surface area (Å²) in [6.07, 6.45) is 0.673. The van der Waals surface area contributed by atoms with E-state index < -0.39 is 11.8 Å². The fraction of sp³-hybridized carbons (Fsp3) is 0.154. The van der Waals surface area contributed by atoms with Gasteiger partial charge in [0, 0.05) is 6.42 Å². The molecule has 1 aromatic carbocycles. The van der Waals surface area contributed by atoms with Gasteiger partial charge in [-0.05, 0) is 40.6 Å². The Bertz CT molecular complexity index is 540. The number of esters is 1. The Morgan fingerprint density at radius 2 is 2.22 bits per heavy atom. The van der Waals surface area contributed by atoms with Crippen LogP contribution in [0.3, 0.4) is 0 Å². The summed E-state index contributed by atoms with van der Waals surface area (Å²) in [6, 6.07) is 5.78. The highest BCUT2D eigenvalue weighted by Gasteiger charge is 2.09. The average Bonchev–Trinajstić information content (AvgIpc) is 2.85. The third-order valence-electron chi connectivity index (χ3n) is 2.44. The second kappa shape index (κ2) is 5.64. The molecule has 0 aliphatic rings. The van der Waals surface area contributed by atoms with Gasteiger partial charge in [0.2, 0.25) is 0 Å². The third kappa shape index (κ3) is 3.07. The Labute approximate surface area is 108 Å². The van der Waals surface area contributed by atoms with E-state index in [1.54, 1.807) is 11.3 Å². The first-order valence-electron chi connectivity index (χ1n) is 5.40. The van der Waals surface area contributed by atoms with Crippen LogP contribution in [0.2, 0.25) is 0 Å². The van der Waals surface area contributed by atoms with Crippen molar-refractivity contribution in [3.8, 4) is 0 Å². The van der Waals surface area contributed by atoms with Crippen molar-refractivity contribution in [2.24, 2.45) is 0 Å². The van der Waals surface area contributed by atoms with Crippen LogP contribution < -0.4 is 5.73 Å². The lowest BCUT2D eigenvalue weighted by atomic mass is 10.2. The highest BCUT2D eigenvalue weighted by Crippen LogP contribution is 2.13. The average molecular weight is 265 g/mol. The van der Waals surface area contributed by atoms with Gasteiger partial charge in [-0.25, -0.2) is 9.18 Å². The van der Waals surface area contributed by atoms with Crippen LogP contribution in [0.4, 0.5) is 10.1 Å². The summed E-state index contributed by atoms with van der Waals surface area (Å²) in [5.74, 6) is -1.03. The molecule has 18 heavy (non-hydrogen) atoms. The van der Waals surface area contributed by atoms with Crippen molar-refractivity contribution in [1.29, 1.82) is 0 Å². The molecule has 0 spiro atoms. The number of anilines is 1. The van der Waals surface area contributed by atoms with Gasteiger partial charge in [-0.2, -0.15) is 11.3 Å². The Morgan fingerprint density at radius 3 is 2.89 bits per heavy atom. The summed E-state index contributed by atoms with van der Waals surface area (Å²) in [5, 5.41) is 3.97. The predicted octanol–water partition coefficient (Wildman–Crippen LogP) is 2.87. The smallest absolute Gasteiger partial charge is 0.338 e. The first-order valence-corrected chi connectivity index (χ1v) is 6.34. The molecule has 1 heterocycles. The van der Waals surface area contributed by atoms with Gasteiger partial charge in [0.25, 0.3) is 0 Å². The molecule has 5 heteroatoms. The van der Waals surface area contributed by atoms with Crippen molar-refractivity contribution in [1.82, 2.24) is 0 Å². The molecule has 0 saturated carbocycles. The Balaban J connectivity index is 1.89. The lowest BCUT2D eigenvalue weighted by molar-refractivity contribution is 0.0509. The zero-order chi connectivity index (χ0) is 13.0. The molecule has 0 saturated heterocycles. The van der Waals surface area contributed by atoms with Gasteiger partial charge < -0.3 is 10.5 Å². The monoisotopic (exact) mass is 265 g/mol. The van der Waals surface area contributed by atoms with Gasteiger partial charge in [0.1, 0.15) is 5.82 Å². The molecular weight excluding hydrogens is 253 g/mol. The number of ether oxygens (including phenoxy) is 1. The summed E-state index contributed by atoms with van der Waals surface area (Å²) in [4.78, 5) is 11.6. The maximum absolute atomic E-state index is 12.9. The van der Waals surface area contributed by atoms with Crippen molar-refractivity contribution in [3.63, 3.8) is 0 Å². The molecule has 2 aromatic rings. The molecule has 0 amide bonds. The largest absolute Gasteiger partial charge is 0.462 e. The van der Waals surface area contributed by atoms with Crippen molar-refractivity contribution in [2.75, 3.05) is 12.3 Å². The number of hydrogen-bond donors (Lipinski definition) is 1. The Morgan fingerprint density at radius 1 is 1.39 bits per heavy atom. The standard InChI is InChI=1S/C13H12FNO2S/c14-11-2-1-10(7-12(11)15)13(16)17-5-3-9-4-6-18-8-9/h1-2,4,6-8H,3,5,15H2. The number of hydrogen-bond acceptors (Lipinski definition) is 4. The van der Waals surface area contributed by atoms with Crippen LogP contribution in [0.25, 0.3) is 0 Å². The summed E-state index contributed by atoms with van der Waals surface area (Å²) < 4.78 is 18.0. The van der Waals surface area contributed by atoms with Gasteiger partial charge in [-0.3, -0.25) is 0 Å². The maximum atomic E-state index is 12.9. The van der Waals surface area contributed by atoms with Crippen molar-refractivity contribution in [3.05, 3.63) is 52.0 Å². The lowest BCUT2D eigenvalue weighted by Gasteiger charge is -2.05. The van der Waals surface area contributed by atoms with Crippen LogP contribution in [0.5, 0.6) is 0 Å². The summed E-state index contributed by atoms with van der Waals surface area (Å²) in [6.45, 7) is 0.298. The number of nitrogens with two attached hydrogens (primary N) is 1. The molecule has 0 radical (unpaired) electrons. The number of thiophene rings is 1. The van der Waals surface area contributed by atoms with Gasteiger partial charge in [0.15, 0.2) is 0 Å². The Kier molecular flexibility index (Phi) is 3.94. The second-order valence-corrected chi connectivity index (χ2v) is 4.53. The number of nitrogen functional groups attached to an aromatic ring is 1. The zero-order valence-corrected chi connectivity index (χ0v) is 10.4. The highest BCUT2D eigenvalue weighted by atomic mass is 32.1. The molecule has 0 aliphatic carbocycles. The van der Waals surface area contributed by atoms with Gasteiger partial charge in [-0.15, -0.1) is 0 Å². The molecule has 0 aliphatic heterocycles. The molecule has 0 unspecified atom stereocenters. The van der Waals surface area contributed by atoms with E-state index in [4.69, 9.17) is 10.5 Å². The minimum absolute atomic E-state index is 0.0534. The normalized spacial score (nSPS) is 10.3. The van der Waals surface area contributed by atoms with E-state index in [1.165, 1.54) is 12.1 Å². The topological polar surface area (TPSA) is 52.3 Å². The van der Waals surface area contributed by atoms with Crippen LogP contribution in [0, 0.1) is 5.82 Å². The van der Waals surface area contributed by atoms with E-state index >= 15 is 0 Å².